The molecule has 32 heavy (non-hydrogen) atoms. The average Bonchev–Trinajstić information content (AvgIpc) is 3.30. The van der Waals surface area contributed by atoms with Crippen molar-refractivity contribution >= 4 is 39.3 Å². The monoisotopic (exact) mass is 490 g/mol. The Bertz CT molecular complexity index is 1220. The van der Waals surface area contributed by atoms with Gasteiger partial charge < -0.3 is 5.32 Å². The number of hydrogen-bond donors (Lipinski definition) is 1. The van der Waals surface area contributed by atoms with Crippen LogP contribution in [0.2, 0.25) is 5.02 Å². The van der Waals surface area contributed by atoms with Crippen molar-refractivity contribution in [3.63, 3.8) is 0 Å². The van der Waals surface area contributed by atoms with Crippen LogP contribution in [-0.2, 0) is 21.4 Å². The molecule has 0 aromatic heterocycles. The van der Waals surface area contributed by atoms with E-state index in [-0.39, 0.29) is 23.0 Å². The molecular formula is C23H20ClFN2O3S2. The lowest BCUT2D eigenvalue weighted by molar-refractivity contribution is -0.122. The van der Waals surface area contributed by atoms with E-state index in [2.05, 4.69) is 5.32 Å². The Hall–Kier alpha value is -2.39. The third kappa shape index (κ3) is 4.83. The number of carbonyl (C=O) groups is 1. The lowest BCUT2D eigenvalue weighted by atomic mass is 10.1. The summed E-state index contributed by atoms with van der Waals surface area (Å²) in [6, 6.07) is 20.2. The van der Waals surface area contributed by atoms with Crippen LogP contribution in [0.15, 0.2) is 77.7 Å². The van der Waals surface area contributed by atoms with Crippen molar-refractivity contribution in [2.45, 2.75) is 16.8 Å². The normalized spacial score (nSPS) is 16.8. The van der Waals surface area contributed by atoms with E-state index in [0.29, 0.717) is 11.3 Å². The van der Waals surface area contributed by atoms with Gasteiger partial charge in [-0.3, -0.25) is 4.79 Å². The van der Waals surface area contributed by atoms with Crippen LogP contribution in [0.4, 0.5) is 4.39 Å². The van der Waals surface area contributed by atoms with Crippen LogP contribution in [0.3, 0.4) is 0 Å². The first kappa shape index (κ1) is 22.8. The molecule has 0 spiro atoms. The predicted octanol–water partition coefficient (Wildman–Crippen LogP) is 4.53. The van der Waals surface area contributed by atoms with E-state index in [1.165, 1.54) is 34.3 Å². The molecule has 1 saturated heterocycles. The largest absolute Gasteiger partial charge is 0.350 e. The first-order valence-electron chi connectivity index (χ1n) is 9.87. The highest BCUT2D eigenvalue weighted by Gasteiger charge is 2.40. The van der Waals surface area contributed by atoms with E-state index in [1.54, 1.807) is 24.3 Å². The fraction of sp³-hybridized carbons (Fsp3) is 0.174. The summed E-state index contributed by atoms with van der Waals surface area (Å²) in [4.78, 5) is 12.9. The Morgan fingerprint density at radius 1 is 1.06 bits per heavy atom. The molecule has 0 radical (unpaired) electrons. The molecule has 1 aliphatic rings. The molecule has 1 heterocycles. The van der Waals surface area contributed by atoms with Crippen molar-refractivity contribution in [2.75, 3.05) is 12.3 Å². The maximum absolute atomic E-state index is 13.2. The average molecular weight is 491 g/mol. The molecule has 1 atom stereocenters. The molecule has 4 rings (SSSR count). The zero-order valence-electron chi connectivity index (χ0n) is 16.9. The second-order valence-electron chi connectivity index (χ2n) is 7.18. The highest BCUT2D eigenvalue weighted by atomic mass is 35.5. The fourth-order valence-electron chi connectivity index (χ4n) is 3.43. The summed E-state index contributed by atoms with van der Waals surface area (Å²) in [6.07, 6.45) is 0. The standard InChI is InChI=1S/C23H20ClFN2O3S2/c24-21-14-19(25)9-6-18(21)15-26-22(28)23-27(12-13-31-23)32(29,30)20-10-7-17(8-11-20)16-4-2-1-3-5-16/h1-11,14,23H,12-13,15H2,(H,26,28). The minimum atomic E-state index is -3.85. The van der Waals surface area contributed by atoms with Crippen LogP contribution in [0, 0.1) is 5.82 Å². The number of rotatable bonds is 6. The van der Waals surface area contributed by atoms with Gasteiger partial charge in [-0.25, -0.2) is 12.8 Å². The topological polar surface area (TPSA) is 66.5 Å². The number of halogens is 2. The Balaban J connectivity index is 1.48. The number of hydrogen-bond acceptors (Lipinski definition) is 4. The van der Waals surface area contributed by atoms with Crippen LogP contribution >= 0.6 is 23.4 Å². The molecule has 1 fully saturated rings. The SMILES string of the molecule is O=C(NCc1ccc(F)cc1Cl)C1SCCN1S(=O)(=O)c1ccc(-c2ccccc2)cc1. The Kier molecular flexibility index (Phi) is 6.85. The molecule has 0 aliphatic carbocycles. The van der Waals surface area contributed by atoms with Crippen LogP contribution in [0.5, 0.6) is 0 Å². The number of carbonyl (C=O) groups excluding carboxylic acids is 1. The van der Waals surface area contributed by atoms with E-state index < -0.39 is 27.1 Å². The molecule has 0 bridgehead atoms. The molecule has 1 unspecified atom stereocenters. The zero-order valence-corrected chi connectivity index (χ0v) is 19.3. The summed E-state index contributed by atoms with van der Waals surface area (Å²) in [7, 11) is -3.85. The summed E-state index contributed by atoms with van der Waals surface area (Å²) in [5.74, 6) is -0.388. The molecule has 5 nitrogen and oxygen atoms in total. The number of nitrogens with zero attached hydrogens (tertiary/aromatic N) is 1. The first-order valence-corrected chi connectivity index (χ1v) is 12.7. The highest BCUT2D eigenvalue weighted by Crippen LogP contribution is 2.31. The van der Waals surface area contributed by atoms with Crippen molar-refractivity contribution in [3.8, 4) is 11.1 Å². The van der Waals surface area contributed by atoms with Gasteiger partial charge >= 0.3 is 0 Å². The van der Waals surface area contributed by atoms with E-state index >= 15 is 0 Å². The molecule has 9 heteroatoms. The quantitative estimate of drug-likeness (QED) is 0.551. The summed E-state index contributed by atoms with van der Waals surface area (Å²) >= 11 is 7.27. The van der Waals surface area contributed by atoms with Gasteiger partial charge in [0.05, 0.1) is 4.90 Å². The predicted molar refractivity (Wildman–Crippen MR) is 125 cm³/mol. The Labute approximate surface area is 195 Å². The molecule has 3 aromatic carbocycles. The minimum Gasteiger partial charge on any atom is -0.350 e. The van der Waals surface area contributed by atoms with Crippen molar-refractivity contribution < 1.29 is 17.6 Å². The molecular weight excluding hydrogens is 471 g/mol. The van der Waals surface area contributed by atoms with Crippen molar-refractivity contribution in [2.24, 2.45) is 0 Å². The summed E-state index contributed by atoms with van der Waals surface area (Å²) in [6.45, 7) is 0.317. The Morgan fingerprint density at radius 2 is 1.75 bits per heavy atom. The van der Waals surface area contributed by atoms with Gasteiger partial charge in [0, 0.05) is 23.9 Å². The maximum atomic E-state index is 13.2. The van der Waals surface area contributed by atoms with Gasteiger partial charge in [-0.2, -0.15) is 4.31 Å². The minimum absolute atomic E-state index is 0.0780. The van der Waals surface area contributed by atoms with Crippen LogP contribution < -0.4 is 5.32 Å². The lowest BCUT2D eigenvalue weighted by Crippen LogP contribution is -2.44. The van der Waals surface area contributed by atoms with Gasteiger partial charge in [0.2, 0.25) is 15.9 Å². The van der Waals surface area contributed by atoms with Crippen molar-refractivity contribution in [1.29, 1.82) is 0 Å². The summed E-state index contributed by atoms with van der Waals surface area (Å²) < 4.78 is 40.9. The number of benzene rings is 3. The second-order valence-corrected chi connectivity index (χ2v) is 10.7. The highest BCUT2D eigenvalue weighted by molar-refractivity contribution is 8.02. The molecule has 166 valence electrons. The van der Waals surface area contributed by atoms with Crippen LogP contribution in [0.1, 0.15) is 5.56 Å². The van der Waals surface area contributed by atoms with E-state index in [4.69, 9.17) is 11.6 Å². The second kappa shape index (κ2) is 9.62. The third-order valence-corrected chi connectivity index (χ3v) is 8.68. The number of amides is 1. The molecule has 3 aromatic rings. The fourth-order valence-corrected chi connectivity index (χ4v) is 6.76. The number of thioether (sulfide) groups is 1. The van der Waals surface area contributed by atoms with Gasteiger partial charge in [-0.05, 0) is 41.0 Å². The van der Waals surface area contributed by atoms with Gasteiger partial charge in [-0.15, -0.1) is 11.8 Å². The smallest absolute Gasteiger partial charge is 0.249 e. The Morgan fingerprint density at radius 3 is 2.44 bits per heavy atom. The number of nitrogens with one attached hydrogen (secondary N) is 1. The van der Waals surface area contributed by atoms with Crippen LogP contribution in [-0.4, -0.2) is 36.3 Å². The van der Waals surface area contributed by atoms with E-state index in [1.807, 2.05) is 30.3 Å². The number of sulfonamides is 1. The summed E-state index contributed by atoms with van der Waals surface area (Å²) in [5, 5.41) is 2.03. The molecule has 0 saturated carbocycles. The summed E-state index contributed by atoms with van der Waals surface area (Å²) in [5.41, 5.74) is 2.45. The molecule has 1 amide bonds. The van der Waals surface area contributed by atoms with Gasteiger partial charge in [0.25, 0.3) is 0 Å². The zero-order chi connectivity index (χ0) is 22.7. The first-order chi connectivity index (χ1) is 15.4. The van der Waals surface area contributed by atoms with Gasteiger partial charge in [0.15, 0.2) is 0 Å². The lowest BCUT2D eigenvalue weighted by Gasteiger charge is -2.23. The molecule has 1 aliphatic heterocycles. The van der Waals surface area contributed by atoms with E-state index in [0.717, 1.165) is 11.1 Å². The van der Waals surface area contributed by atoms with Crippen LogP contribution in [0.25, 0.3) is 11.1 Å². The third-order valence-electron chi connectivity index (χ3n) is 5.11. The van der Waals surface area contributed by atoms with Gasteiger partial charge in [0.1, 0.15) is 11.2 Å². The van der Waals surface area contributed by atoms with E-state index in [9.17, 15) is 17.6 Å². The van der Waals surface area contributed by atoms with Gasteiger partial charge in [-0.1, -0.05) is 60.1 Å². The van der Waals surface area contributed by atoms with Crippen molar-refractivity contribution in [1.82, 2.24) is 9.62 Å². The van der Waals surface area contributed by atoms with Crippen molar-refractivity contribution in [3.05, 3.63) is 89.2 Å². The molecule has 1 N–H and O–H groups in total. The maximum Gasteiger partial charge on any atom is 0.249 e.